The Bertz CT molecular complexity index is 511. The smallest absolute Gasteiger partial charge is 0.399 e. The number of ether oxygens (including phenoxy) is 1. The van der Waals surface area contributed by atoms with Gasteiger partial charge < -0.3 is 9.84 Å². The summed E-state index contributed by atoms with van der Waals surface area (Å²) in [6.45, 7) is -0.867. The SMILES string of the molecule is O=C(OCc1ccccc1I)C([O-])(C(F)(F)F)C(F)(F)F. The molecule has 0 unspecified atom stereocenters. The lowest BCUT2D eigenvalue weighted by molar-refractivity contribution is -0.574. The minimum atomic E-state index is -6.35. The largest absolute Gasteiger partial charge is 0.828 e. The number of hydrogen-bond donors (Lipinski definition) is 0. The van der Waals surface area contributed by atoms with Gasteiger partial charge in [0.1, 0.15) is 6.61 Å². The molecule has 118 valence electrons. The first-order valence-corrected chi connectivity index (χ1v) is 6.23. The summed E-state index contributed by atoms with van der Waals surface area (Å²) < 4.78 is 78.3. The molecule has 0 aliphatic carbocycles. The second-order valence-electron chi connectivity index (χ2n) is 3.84. The number of carbonyl (C=O) groups excluding carboxylic acids is 1. The summed E-state index contributed by atoms with van der Waals surface area (Å²) in [5, 5.41) is 11.0. The fourth-order valence-corrected chi connectivity index (χ4v) is 1.80. The second-order valence-corrected chi connectivity index (χ2v) is 5.01. The minimum Gasteiger partial charge on any atom is -0.828 e. The van der Waals surface area contributed by atoms with Crippen LogP contribution in [0.1, 0.15) is 5.56 Å². The molecule has 3 nitrogen and oxygen atoms in total. The number of hydrogen-bond acceptors (Lipinski definition) is 3. The van der Waals surface area contributed by atoms with Crippen LogP contribution in [0, 0.1) is 3.57 Å². The third kappa shape index (κ3) is 3.59. The Balaban J connectivity index is 2.97. The highest BCUT2D eigenvalue weighted by molar-refractivity contribution is 14.1. The molecule has 0 heterocycles. The molecule has 0 saturated heterocycles. The average Bonchev–Trinajstić information content (AvgIpc) is 2.33. The van der Waals surface area contributed by atoms with Gasteiger partial charge in [0.2, 0.25) is 0 Å². The normalized spacial score (nSPS) is 13.1. The van der Waals surface area contributed by atoms with Crippen LogP contribution < -0.4 is 5.11 Å². The molecule has 0 aliphatic rings. The molecule has 1 aromatic rings. The van der Waals surface area contributed by atoms with Gasteiger partial charge in [-0.15, -0.1) is 0 Å². The molecule has 0 bridgehead atoms. The number of alkyl halides is 6. The van der Waals surface area contributed by atoms with E-state index in [4.69, 9.17) is 0 Å². The van der Waals surface area contributed by atoms with Crippen LogP contribution in [0.3, 0.4) is 0 Å². The van der Waals surface area contributed by atoms with Crippen molar-refractivity contribution in [1.29, 1.82) is 0 Å². The molecule has 0 atom stereocenters. The van der Waals surface area contributed by atoms with E-state index in [1.807, 2.05) is 0 Å². The lowest BCUT2D eigenvalue weighted by Crippen LogP contribution is -2.71. The molecule has 0 N–H and O–H groups in total. The topological polar surface area (TPSA) is 49.4 Å². The van der Waals surface area contributed by atoms with E-state index >= 15 is 0 Å². The number of halogens is 7. The van der Waals surface area contributed by atoms with Gasteiger partial charge >= 0.3 is 18.3 Å². The summed E-state index contributed by atoms with van der Waals surface area (Å²) >= 11 is 1.75. The van der Waals surface area contributed by atoms with Crippen LogP contribution in [0.5, 0.6) is 0 Å². The van der Waals surface area contributed by atoms with Crippen LogP contribution in [-0.2, 0) is 16.1 Å². The lowest BCUT2D eigenvalue weighted by atomic mass is 10.0. The molecule has 10 heteroatoms. The fraction of sp³-hybridized carbons (Fsp3) is 0.364. The van der Waals surface area contributed by atoms with Gasteiger partial charge in [0, 0.05) is 9.13 Å². The summed E-state index contributed by atoms with van der Waals surface area (Å²) in [4.78, 5) is 11.1. The van der Waals surface area contributed by atoms with Crippen molar-refractivity contribution in [3.8, 4) is 0 Å². The van der Waals surface area contributed by atoms with Gasteiger partial charge in [-0.05, 0) is 28.7 Å². The van der Waals surface area contributed by atoms with Crippen molar-refractivity contribution in [2.75, 3.05) is 0 Å². The summed E-state index contributed by atoms with van der Waals surface area (Å²) in [6, 6.07) is 5.85. The molecule has 1 aromatic carbocycles. The number of benzene rings is 1. The van der Waals surface area contributed by atoms with Gasteiger partial charge in [0.15, 0.2) is 5.60 Å². The maximum absolute atomic E-state index is 12.3. The van der Waals surface area contributed by atoms with Crippen molar-refractivity contribution in [2.45, 2.75) is 24.6 Å². The monoisotopic (exact) mass is 427 g/mol. The second kappa shape index (κ2) is 5.99. The Hall–Kier alpha value is -1.04. The third-order valence-electron chi connectivity index (χ3n) is 2.40. The Morgan fingerprint density at radius 2 is 1.57 bits per heavy atom. The van der Waals surface area contributed by atoms with E-state index in [-0.39, 0.29) is 5.56 Å². The van der Waals surface area contributed by atoms with E-state index < -0.39 is 30.5 Å². The fourth-order valence-electron chi connectivity index (χ4n) is 1.25. The predicted octanol–water partition coefficient (Wildman–Crippen LogP) is 2.56. The summed E-state index contributed by atoms with van der Waals surface area (Å²) in [5.74, 6) is -2.93. The van der Waals surface area contributed by atoms with Gasteiger partial charge in [-0.2, -0.15) is 26.3 Å². The Morgan fingerprint density at radius 3 is 2.00 bits per heavy atom. The standard InChI is InChI=1S/C11H6F6IO3/c12-10(13,14)9(20,11(15,16)17)8(19)21-5-6-3-1-2-4-7(6)18/h1-4H,5H2/q-1. The van der Waals surface area contributed by atoms with Gasteiger partial charge in [-0.1, -0.05) is 18.2 Å². The van der Waals surface area contributed by atoms with Gasteiger partial charge in [0.25, 0.3) is 0 Å². The zero-order valence-electron chi connectivity index (χ0n) is 9.89. The van der Waals surface area contributed by atoms with Crippen molar-refractivity contribution in [1.82, 2.24) is 0 Å². The molecule has 1 rings (SSSR count). The van der Waals surface area contributed by atoms with Crippen LogP contribution in [0.2, 0.25) is 0 Å². The Labute approximate surface area is 128 Å². The molecule has 0 aromatic heterocycles. The highest BCUT2D eigenvalue weighted by Crippen LogP contribution is 2.41. The summed E-state index contributed by atoms with van der Waals surface area (Å²) in [6.07, 6.45) is -12.7. The molecule has 0 aliphatic heterocycles. The minimum absolute atomic E-state index is 0.179. The van der Waals surface area contributed by atoms with Crippen molar-refractivity contribution < 1.29 is 41.0 Å². The summed E-state index contributed by atoms with van der Waals surface area (Å²) in [5.41, 5.74) is -5.63. The van der Waals surface area contributed by atoms with Crippen LogP contribution in [-0.4, -0.2) is 23.9 Å². The lowest BCUT2D eigenvalue weighted by Gasteiger charge is -2.40. The van der Waals surface area contributed by atoms with E-state index in [2.05, 4.69) is 4.74 Å². The third-order valence-corrected chi connectivity index (χ3v) is 3.45. The quantitative estimate of drug-likeness (QED) is 0.424. The van der Waals surface area contributed by atoms with Crippen LogP contribution in [0.4, 0.5) is 26.3 Å². The predicted molar refractivity (Wildman–Crippen MR) is 63.8 cm³/mol. The van der Waals surface area contributed by atoms with Crippen molar-refractivity contribution >= 4 is 28.6 Å². The maximum atomic E-state index is 12.3. The average molecular weight is 427 g/mol. The van der Waals surface area contributed by atoms with Gasteiger partial charge in [0.05, 0.1) is 0 Å². The Kier molecular flexibility index (Phi) is 5.13. The van der Waals surface area contributed by atoms with Gasteiger partial charge in [-0.25, -0.2) is 0 Å². The molecule has 0 radical (unpaired) electrons. The zero-order valence-corrected chi connectivity index (χ0v) is 12.0. The molecule has 21 heavy (non-hydrogen) atoms. The van der Waals surface area contributed by atoms with Gasteiger partial charge in [-0.3, -0.25) is 4.79 Å². The van der Waals surface area contributed by atoms with Crippen LogP contribution in [0.15, 0.2) is 24.3 Å². The summed E-state index contributed by atoms with van der Waals surface area (Å²) in [7, 11) is 0. The molecule has 0 spiro atoms. The van der Waals surface area contributed by atoms with E-state index in [1.165, 1.54) is 18.2 Å². The highest BCUT2D eigenvalue weighted by Gasteiger charge is 2.68. The number of rotatable bonds is 3. The van der Waals surface area contributed by atoms with E-state index in [1.54, 1.807) is 28.7 Å². The van der Waals surface area contributed by atoms with E-state index in [0.29, 0.717) is 3.57 Å². The van der Waals surface area contributed by atoms with Crippen LogP contribution in [0.25, 0.3) is 0 Å². The van der Waals surface area contributed by atoms with Crippen molar-refractivity contribution in [3.05, 3.63) is 33.4 Å². The van der Waals surface area contributed by atoms with Crippen molar-refractivity contribution in [2.24, 2.45) is 0 Å². The first kappa shape index (κ1) is 18.0. The number of esters is 1. The van der Waals surface area contributed by atoms with Crippen LogP contribution >= 0.6 is 22.6 Å². The molecule has 0 saturated carbocycles. The molecule has 0 amide bonds. The highest BCUT2D eigenvalue weighted by atomic mass is 127. The molecular formula is C11H6F6IO3-. The van der Waals surface area contributed by atoms with E-state index in [0.717, 1.165) is 0 Å². The first-order valence-electron chi connectivity index (χ1n) is 5.15. The van der Waals surface area contributed by atoms with Crippen molar-refractivity contribution in [3.63, 3.8) is 0 Å². The molecular weight excluding hydrogens is 421 g/mol. The molecule has 0 fully saturated rings. The number of carbonyl (C=O) groups is 1. The maximum Gasteiger partial charge on any atom is 0.399 e. The zero-order chi connectivity index (χ0) is 16.5. The van der Waals surface area contributed by atoms with E-state index in [9.17, 15) is 36.2 Å². The first-order chi connectivity index (χ1) is 9.41. The Morgan fingerprint density at radius 1 is 1.10 bits per heavy atom.